The first-order valence-electron chi connectivity index (χ1n) is 9.23. The molecule has 1 aromatic heterocycles. The number of hydrogen-bond donors (Lipinski definition) is 1. The van der Waals surface area contributed by atoms with E-state index in [1.807, 2.05) is 0 Å². The third kappa shape index (κ3) is 6.43. The van der Waals surface area contributed by atoms with Crippen LogP contribution >= 0.6 is 0 Å². The Morgan fingerprint density at radius 2 is 1.47 bits per heavy atom. The maximum absolute atomic E-state index is 12.4. The quantitative estimate of drug-likeness (QED) is 0.453. The minimum absolute atomic E-state index is 0.152. The second kappa shape index (κ2) is 9.57. The summed E-state index contributed by atoms with van der Waals surface area (Å²) in [4.78, 5) is 3.54. The van der Waals surface area contributed by atoms with Crippen LogP contribution in [-0.2, 0) is 26.8 Å². The molecular weight excluding hydrogens is 503 g/mol. The van der Waals surface area contributed by atoms with E-state index in [-0.39, 0.29) is 18.0 Å². The molecule has 0 spiro atoms. The van der Waals surface area contributed by atoms with Gasteiger partial charge in [-0.1, -0.05) is 12.1 Å². The minimum Gasteiger partial charge on any atom is -0.457 e. The van der Waals surface area contributed by atoms with Gasteiger partial charge in [0, 0.05) is 20.6 Å². The molecular formula is C18H18F3N5O6S2. The van der Waals surface area contributed by atoms with Gasteiger partial charge in [-0.25, -0.2) is 18.1 Å². The smallest absolute Gasteiger partial charge is 0.457 e. The first-order chi connectivity index (χ1) is 15.8. The number of aromatic nitrogens is 3. The standard InChI is InChI=1S/C18H18F3N5O6S2/c1-25(2)34(29,30)26-12-22-17(24-26)33(27,28)23-11-13-3-5-14(6-4-13)31-15-7-9-16(10-8-15)32-18(19,20)21/h3-10,12,23H,11H2,1-2H3. The van der Waals surface area contributed by atoms with Crippen LogP contribution in [0.5, 0.6) is 17.2 Å². The van der Waals surface area contributed by atoms with Gasteiger partial charge >= 0.3 is 16.6 Å². The number of alkyl halides is 3. The minimum atomic E-state index is -4.79. The monoisotopic (exact) mass is 521 g/mol. The molecule has 1 N–H and O–H groups in total. The van der Waals surface area contributed by atoms with E-state index in [1.165, 1.54) is 38.4 Å². The van der Waals surface area contributed by atoms with Crippen LogP contribution < -0.4 is 14.2 Å². The van der Waals surface area contributed by atoms with Gasteiger partial charge < -0.3 is 9.47 Å². The summed E-state index contributed by atoms with van der Waals surface area (Å²) in [5, 5.41) is 2.80. The van der Waals surface area contributed by atoms with Gasteiger partial charge in [0.15, 0.2) is 0 Å². The third-order valence-electron chi connectivity index (χ3n) is 4.07. The Balaban J connectivity index is 1.60. The lowest BCUT2D eigenvalue weighted by molar-refractivity contribution is -0.274. The normalized spacial score (nSPS) is 12.6. The summed E-state index contributed by atoms with van der Waals surface area (Å²) in [6.45, 7) is -0.152. The van der Waals surface area contributed by atoms with Crippen molar-refractivity contribution in [1.82, 2.24) is 23.2 Å². The molecule has 11 nitrogen and oxygen atoms in total. The number of ether oxygens (including phenoxy) is 2. The molecule has 0 amide bonds. The fourth-order valence-corrected chi connectivity index (χ4v) is 4.00. The van der Waals surface area contributed by atoms with Gasteiger partial charge in [0.05, 0.1) is 0 Å². The zero-order valence-corrected chi connectivity index (χ0v) is 19.2. The van der Waals surface area contributed by atoms with Crippen molar-refractivity contribution < 1.29 is 39.5 Å². The first kappa shape index (κ1) is 25.4. The molecule has 184 valence electrons. The summed E-state index contributed by atoms with van der Waals surface area (Å²) >= 11 is 0. The predicted molar refractivity (Wildman–Crippen MR) is 112 cm³/mol. The molecule has 0 aliphatic carbocycles. The van der Waals surface area contributed by atoms with E-state index in [1.54, 1.807) is 12.1 Å². The first-order valence-corrected chi connectivity index (χ1v) is 12.1. The zero-order chi connectivity index (χ0) is 25.1. The lowest BCUT2D eigenvalue weighted by Gasteiger charge is -2.10. The zero-order valence-electron chi connectivity index (χ0n) is 17.6. The molecule has 0 aliphatic heterocycles. The van der Waals surface area contributed by atoms with Gasteiger partial charge in [0.25, 0.3) is 15.2 Å². The van der Waals surface area contributed by atoms with Crippen molar-refractivity contribution in [3.8, 4) is 17.2 Å². The Morgan fingerprint density at radius 1 is 0.941 bits per heavy atom. The highest BCUT2D eigenvalue weighted by Crippen LogP contribution is 2.27. The number of hydrogen-bond acceptors (Lipinski definition) is 8. The maximum Gasteiger partial charge on any atom is 0.573 e. The average molecular weight is 521 g/mol. The number of halogens is 3. The Morgan fingerprint density at radius 3 is 2.00 bits per heavy atom. The van der Waals surface area contributed by atoms with E-state index in [0.717, 1.165) is 22.8 Å². The van der Waals surface area contributed by atoms with Crippen LogP contribution in [0.4, 0.5) is 13.2 Å². The highest BCUT2D eigenvalue weighted by molar-refractivity contribution is 7.89. The Hall–Kier alpha value is -3.21. The molecule has 0 radical (unpaired) electrons. The van der Waals surface area contributed by atoms with Crippen molar-refractivity contribution in [2.45, 2.75) is 18.1 Å². The molecule has 3 aromatic rings. The highest BCUT2D eigenvalue weighted by atomic mass is 32.2. The second-order valence-corrected chi connectivity index (χ2v) is 10.4. The number of benzene rings is 2. The molecule has 0 saturated carbocycles. The van der Waals surface area contributed by atoms with Crippen molar-refractivity contribution in [3.05, 3.63) is 60.4 Å². The Bertz CT molecular complexity index is 1340. The van der Waals surface area contributed by atoms with E-state index in [0.29, 0.717) is 15.4 Å². The van der Waals surface area contributed by atoms with Gasteiger partial charge in [0.2, 0.25) is 0 Å². The van der Waals surface area contributed by atoms with Crippen molar-refractivity contribution in [2.24, 2.45) is 0 Å². The van der Waals surface area contributed by atoms with Gasteiger partial charge in [-0.05, 0) is 42.0 Å². The summed E-state index contributed by atoms with van der Waals surface area (Å²) in [7, 11) is -5.69. The summed E-state index contributed by atoms with van der Waals surface area (Å²) in [5.41, 5.74) is 0.533. The third-order valence-corrected chi connectivity index (χ3v) is 6.84. The van der Waals surface area contributed by atoms with E-state index >= 15 is 0 Å². The van der Waals surface area contributed by atoms with Crippen LogP contribution in [0.3, 0.4) is 0 Å². The lowest BCUT2D eigenvalue weighted by atomic mass is 10.2. The summed E-state index contributed by atoms with van der Waals surface area (Å²) in [6.07, 6.45) is -4.02. The van der Waals surface area contributed by atoms with Crippen LogP contribution in [0.2, 0.25) is 0 Å². The number of sulfonamides is 1. The molecule has 16 heteroatoms. The molecule has 2 aromatic carbocycles. The van der Waals surface area contributed by atoms with Crippen molar-refractivity contribution in [2.75, 3.05) is 14.1 Å². The Kier molecular flexibility index (Phi) is 7.15. The van der Waals surface area contributed by atoms with Crippen LogP contribution in [0.15, 0.2) is 60.0 Å². The van der Waals surface area contributed by atoms with E-state index < -0.39 is 31.8 Å². The van der Waals surface area contributed by atoms with E-state index in [4.69, 9.17) is 4.74 Å². The largest absolute Gasteiger partial charge is 0.573 e. The maximum atomic E-state index is 12.4. The molecule has 0 fully saturated rings. The molecule has 1 heterocycles. The van der Waals surface area contributed by atoms with Crippen LogP contribution in [0.1, 0.15) is 5.56 Å². The van der Waals surface area contributed by atoms with E-state index in [2.05, 4.69) is 19.5 Å². The SMILES string of the molecule is CN(C)S(=O)(=O)n1cnc(S(=O)(=O)NCc2ccc(Oc3ccc(OC(F)(F)F)cc3)cc2)n1. The second-order valence-electron chi connectivity index (χ2n) is 6.78. The average Bonchev–Trinajstić information content (AvgIpc) is 3.26. The molecule has 0 unspecified atom stereocenters. The van der Waals surface area contributed by atoms with Gasteiger partial charge in [0.1, 0.15) is 23.6 Å². The molecule has 0 saturated heterocycles. The van der Waals surface area contributed by atoms with Crippen molar-refractivity contribution >= 4 is 20.2 Å². The van der Waals surface area contributed by atoms with Crippen LogP contribution in [0.25, 0.3) is 0 Å². The molecule has 3 rings (SSSR count). The van der Waals surface area contributed by atoms with Crippen LogP contribution in [-0.4, -0.2) is 55.8 Å². The van der Waals surface area contributed by atoms with E-state index in [9.17, 15) is 30.0 Å². The fraction of sp³-hybridized carbons (Fsp3) is 0.222. The van der Waals surface area contributed by atoms with Crippen LogP contribution in [0, 0.1) is 0 Å². The molecule has 34 heavy (non-hydrogen) atoms. The Labute approximate surface area is 193 Å². The van der Waals surface area contributed by atoms with Gasteiger partial charge in [-0.15, -0.1) is 22.4 Å². The summed E-state index contributed by atoms with van der Waals surface area (Å²) < 4.78 is 98.2. The summed E-state index contributed by atoms with van der Waals surface area (Å²) in [6, 6.07) is 11.0. The molecule has 0 bridgehead atoms. The van der Waals surface area contributed by atoms with Gasteiger partial charge in [-0.3, -0.25) is 0 Å². The summed E-state index contributed by atoms with van der Waals surface area (Å²) in [5.74, 6) is 0.226. The predicted octanol–water partition coefficient (Wildman–Crippen LogP) is 2.10. The fourth-order valence-electron chi connectivity index (χ4n) is 2.40. The molecule has 0 atom stereocenters. The number of nitrogens with zero attached hydrogens (tertiary/aromatic N) is 4. The van der Waals surface area contributed by atoms with Gasteiger partial charge in [-0.2, -0.15) is 12.7 Å². The number of rotatable bonds is 9. The topological polar surface area (TPSA) is 133 Å². The van der Waals surface area contributed by atoms with Crippen molar-refractivity contribution in [3.63, 3.8) is 0 Å². The lowest BCUT2D eigenvalue weighted by Crippen LogP contribution is -2.30. The highest BCUT2D eigenvalue weighted by Gasteiger charge is 2.31. The number of nitrogens with one attached hydrogen (secondary N) is 1. The molecule has 0 aliphatic rings. The van der Waals surface area contributed by atoms with Crippen molar-refractivity contribution in [1.29, 1.82) is 0 Å².